The van der Waals surface area contributed by atoms with Crippen LogP contribution in [0, 0.1) is 5.92 Å². The third-order valence-electron chi connectivity index (χ3n) is 2.83. The van der Waals surface area contributed by atoms with Crippen LogP contribution in [0.15, 0.2) is 30.3 Å². The Morgan fingerprint density at radius 2 is 2.00 bits per heavy atom. The Bertz CT molecular complexity index is 350. The van der Waals surface area contributed by atoms with Gasteiger partial charge < -0.3 is 10.1 Å². The van der Waals surface area contributed by atoms with Crippen LogP contribution in [0.1, 0.15) is 12.8 Å². The third-order valence-corrected chi connectivity index (χ3v) is 3.88. The van der Waals surface area contributed by atoms with Gasteiger partial charge in [0, 0.05) is 6.54 Å². The van der Waals surface area contributed by atoms with Crippen LogP contribution in [0.4, 0.5) is 4.79 Å². The maximum Gasteiger partial charge on any atom is 0.412 e. The average molecular weight is 251 g/mol. The lowest BCUT2D eigenvalue weighted by molar-refractivity contribution is 0.198. The van der Waals surface area contributed by atoms with Gasteiger partial charge in [0.05, 0.1) is 0 Å². The second kappa shape index (κ2) is 6.55. The molecular formula is C13H17NO2S. The van der Waals surface area contributed by atoms with Crippen molar-refractivity contribution in [2.24, 2.45) is 5.92 Å². The maximum atomic E-state index is 11.5. The Labute approximate surface area is 106 Å². The molecule has 2 rings (SSSR count). The van der Waals surface area contributed by atoms with E-state index in [4.69, 9.17) is 4.74 Å². The minimum atomic E-state index is -0.352. The van der Waals surface area contributed by atoms with Crippen LogP contribution in [0.2, 0.25) is 0 Å². The zero-order chi connectivity index (χ0) is 11.9. The molecule has 0 radical (unpaired) electrons. The van der Waals surface area contributed by atoms with Crippen molar-refractivity contribution < 1.29 is 9.53 Å². The summed E-state index contributed by atoms with van der Waals surface area (Å²) in [6, 6.07) is 9.14. The zero-order valence-electron chi connectivity index (χ0n) is 9.72. The number of amides is 1. The molecule has 0 unspecified atom stereocenters. The molecule has 1 aliphatic rings. The highest BCUT2D eigenvalue weighted by molar-refractivity contribution is 7.99. The number of ether oxygens (including phenoxy) is 1. The van der Waals surface area contributed by atoms with Crippen molar-refractivity contribution in [1.82, 2.24) is 5.32 Å². The van der Waals surface area contributed by atoms with E-state index in [2.05, 4.69) is 5.32 Å². The monoisotopic (exact) mass is 251 g/mol. The van der Waals surface area contributed by atoms with Crippen molar-refractivity contribution >= 4 is 17.9 Å². The summed E-state index contributed by atoms with van der Waals surface area (Å²) in [7, 11) is 0. The highest BCUT2D eigenvalue weighted by Gasteiger charge is 2.14. The van der Waals surface area contributed by atoms with Gasteiger partial charge in [-0.05, 0) is 42.4 Å². The fraction of sp³-hybridized carbons (Fsp3) is 0.462. The van der Waals surface area contributed by atoms with E-state index in [1.54, 1.807) is 12.1 Å². The van der Waals surface area contributed by atoms with Gasteiger partial charge in [-0.3, -0.25) is 0 Å². The molecule has 0 aromatic heterocycles. The summed E-state index contributed by atoms with van der Waals surface area (Å²) >= 11 is 1.99. The predicted molar refractivity (Wildman–Crippen MR) is 70.5 cm³/mol. The summed E-state index contributed by atoms with van der Waals surface area (Å²) < 4.78 is 5.15. The standard InChI is InChI=1S/C13H17NO2S/c15-13(16-12-4-2-1-3-5-12)14-10-11-6-8-17-9-7-11/h1-5,11H,6-10H2,(H,14,15). The predicted octanol–water partition coefficient (Wildman–Crippen LogP) is 2.92. The van der Waals surface area contributed by atoms with Crippen LogP contribution in [-0.2, 0) is 0 Å². The van der Waals surface area contributed by atoms with Gasteiger partial charge in [0.2, 0.25) is 0 Å². The fourth-order valence-corrected chi connectivity index (χ4v) is 3.01. The lowest BCUT2D eigenvalue weighted by Gasteiger charge is -2.21. The summed E-state index contributed by atoms with van der Waals surface area (Å²) in [6.45, 7) is 0.728. The molecule has 0 atom stereocenters. The van der Waals surface area contributed by atoms with Crippen molar-refractivity contribution in [2.75, 3.05) is 18.1 Å². The maximum absolute atomic E-state index is 11.5. The molecule has 1 saturated heterocycles. The Kier molecular flexibility index (Phi) is 4.74. The van der Waals surface area contributed by atoms with Gasteiger partial charge in [-0.2, -0.15) is 11.8 Å². The van der Waals surface area contributed by atoms with Crippen molar-refractivity contribution in [3.63, 3.8) is 0 Å². The van der Waals surface area contributed by atoms with Crippen LogP contribution >= 0.6 is 11.8 Å². The van der Waals surface area contributed by atoms with E-state index >= 15 is 0 Å². The Hall–Kier alpha value is -1.16. The van der Waals surface area contributed by atoms with Crippen LogP contribution in [0.25, 0.3) is 0 Å². The summed E-state index contributed by atoms with van der Waals surface area (Å²) in [6.07, 6.45) is 2.03. The van der Waals surface area contributed by atoms with E-state index in [0.717, 1.165) is 6.54 Å². The second-order valence-electron chi connectivity index (χ2n) is 4.14. The van der Waals surface area contributed by atoms with E-state index in [1.807, 2.05) is 30.0 Å². The average Bonchev–Trinajstić information content (AvgIpc) is 2.39. The minimum Gasteiger partial charge on any atom is -0.410 e. The quantitative estimate of drug-likeness (QED) is 0.897. The highest BCUT2D eigenvalue weighted by Crippen LogP contribution is 2.21. The molecule has 0 bridgehead atoms. The van der Waals surface area contributed by atoms with Gasteiger partial charge in [-0.1, -0.05) is 18.2 Å². The van der Waals surface area contributed by atoms with Crippen LogP contribution < -0.4 is 10.1 Å². The number of carbonyl (C=O) groups excluding carboxylic acids is 1. The highest BCUT2D eigenvalue weighted by atomic mass is 32.2. The van der Waals surface area contributed by atoms with Crippen molar-refractivity contribution in [3.05, 3.63) is 30.3 Å². The normalized spacial score (nSPS) is 16.5. The van der Waals surface area contributed by atoms with Crippen LogP contribution in [0.5, 0.6) is 5.75 Å². The molecule has 3 nitrogen and oxygen atoms in total. The van der Waals surface area contributed by atoms with Crippen molar-refractivity contribution in [1.29, 1.82) is 0 Å². The van der Waals surface area contributed by atoms with Gasteiger partial charge in [0.1, 0.15) is 5.75 Å². The lowest BCUT2D eigenvalue weighted by atomic mass is 10.0. The summed E-state index contributed by atoms with van der Waals surface area (Å²) in [5.41, 5.74) is 0. The molecule has 17 heavy (non-hydrogen) atoms. The number of hydrogen-bond acceptors (Lipinski definition) is 3. The molecule has 1 aliphatic heterocycles. The number of carbonyl (C=O) groups is 1. The van der Waals surface area contributed by atoms with Crippen molar-refractivity contribution in [2.45, 2.75) is 12.8 Å². The lowest BCUT2D eigenvalue weighted by Crippen LogP contribution is -2.33. The fourth-order valence-electron chi connectivity index (χ4n) is 1.81. The largest absolute Gasteiger partial charge is 0.412 e. The zero-order valence-corrected chi connectivity index (χ0v) is 10.5. The van der Waals surface area contributed by atoms with Gasteiger partial charge >= 0.3 is 6.09 Å². The molecule has 92 valence electrons. The number of benzene rings is 1. The van der Waals surface area contributed by atoms with Crippen molar-refractivity contribution in [3.8, 4) is 5.75 Å². The number of nitrogens with one attached hydrogen (secondary N) is 1. The Morgan fingerprint density at radius 1 is 1.29 bits per heavy atom. The van der Waals surface area contributed by atoms with E-state index in [0.29, 0.717) is 11.7 Å². The van der Waals surface area contributed by atoms with Gasteiger partial charge in [0.15, 0.2) is 0 Å². The number of rotatable bonds is 3. The smallest absolute Gasteiger partial charge is 0.410 e. The molecule has 1 N–H and O–H groups in total. The molecule has 1 amide bonds. The molecule has 1 aromatic carbocycles. The first kappa shape index (κ1) is 12.3. The summed E-state index contributed by atoms with van der Waals surface area (Å²) in [4.78, 5) is 11.5. The Balaban J connectivity index is 1.70. The number of hydrogen-bond donors (Lipinski definition) is 1. The van der Waals surface area contributed by atoms with E-state index < -0.39 is 0 Å². The Morgan fingerprint density at radius 3 is 2.71 bits per heavy atom. The summed E-state index contributed by atoms with van der Waals surface area (Å²) in [5.74, 6) is 3.61. The van der Waals surface area contributed by atoms with Crippen LogP contribution in [-0.4, -0.2) is 24.1 Å². The third kappa shape index (κ3) is 4.30. The first-order chi connectivity index (χ1) is 8.34. The number of para-hydroxylation sites is 1. The van der Waals surface area contributed by atoms with Gasteiger partial charge in [-0.15, -0.1) is 0 Å². The van der Waals surface area contributed by atoms with Gasteiger partial charge in [0.25, 0.3) is 0 Å². The van der Waals surface area contributed by atoms with Crippen LogP contribution in [0.3, 0.4) is 0 Å². The molecule has 1 fully saturated rings. The molecule has 0 saturated carbocycles. The molecule has 4 heteroatoms. The molecule has 0 spiro atoms. The first-order valence-electron chi connectivity index (χ1n) is 5.93. The van der Waals surface area contributed by atoms with E-state index in [-0.39, 0.29) is 6.09 Å². The van der Waals surface area contributed by atoms with E-state index in [9.17, 15) is 4.79 Å². The molecule has 0 aliphatic carbocycles. The topological polar surface area (TPSA) is 38.3 Å². The summed E-state index contributed by atoms with van der Waals surface area (Å²) in [5, 5.41) is 2.83. The minimum absolute atomic E-state index is 0.352. The number of thioether (sulfide) groups is 1. The molecule has 1 heterocycles. The van der Waals surface area contributed by atoms with E-state index in [1.165, 1.54) is 24.3 Å². The van der Waals surface area contributed by atoms with Gasteiger partial charge in [-0.25, -0.2) is 4.79 Å². The first-order valence-corrected chi connectivity index (χ1v) is 7.08. The second-order valence-corrected chi connectivity index (χ2v) is 5.36. The molecular weight excluding hydrogens is 234 g/mol. The molecule has 1 aromatic rings. The SMILES string of the molecule is O=C(NCC1CCSCC1)Oc1ccccc1.